The van der Waals surface area contributed by atoms with Crippen molar-refractivity contribution in [3.05, 3.63) is 72.3 Å². The maximum atomic E-state index is 11.6. The Hall–Kier alpha value is -1.65. The maximum Gasteiger partial charge on any atom is 0.330 e. The molecule has 0 heterocycles. The number of hydrogen-bond acceptors (Lipinski definition) is 4. The summed E-state index contributed by atoms with van der Waals surface area (Å²) < 4.78 is 5.49. The first-order valence-corrected chi connectivity index (χ1v) is 7.86. The van der Waals surface area contributed by atoms with Crippen LogP contribution in [0.15, 0.2) is 71.0 Å². The SMILES string of the molecule is C=CC(=O)OC(Cc1ccccc1S)Cc1ccccc1S. The van der Waals surface area contributed by atoms with E-state index in [2.05, 4.69) is 31.8 Å². The molecule has 0 aliphatic carbocycles. The highest BCUT2D eigenvalue weighted by Gasteiger charge is 2.17. The van der Waals surface area contributed by atoms with Gasteiger partial charge in [-0.1, -0.05) is 43.0 Å². The molecule has 114 valence electrons. The first-order valence-electron chi connectivity index (χ1n) is 6.97. The second kappa shape index (κ2) is 8.11. The molecule has 0 spiro atoms. The number of thiol groups is 2. The van der Waals surface area contributed by atoms with Gasteiger partial charge in [0.25, 0.3) is 0 Å². The molecule has 0 N–H and O–H groups in total. The van der Waals surface area contributed by atoms with E-state index in [9.17, 15) is 4.79 Å². The van der Waals surface area contributed by atoms with Crippen LogP contribution in [-0.4, -0.2) is 12.1 Å². The van der Waals surface area contributed by atoms with Gasteiger partial charge in [-0.25, -0.2) is 4.79 Å². The molecule has 0 aliphatic rings. The molecule has 0 aliphatic heterocycles. The number of esters is 1. The smallest absolute Gasteiger partial charge is 0.330 e. The number of hydrogen-bond donors (Lipinski definition) is 2. The maximum absolute atomic E-state index is 11.6. The predicted molar refractivity (Wildman–Crippen MR) is 94.9 cm³/mol. The Kier molecular flexibility index (Phi) is 6.16. The van der Waals surface area contributed by atoms with Crippen molar-refractivity contribution in [3.8, 4) is 0 Å². The van der Waals surface area contributed by atoms with Gasteiger partial charge >= 0.3 is 5.97 Å². The lowest BCUT2D eigenvalue weighted by molar-refractivity contribution is -0.142. The molecule has 0 atom stereocenters. The number of benzene rings is 2. The van der Waals surface area contributed by atoms with Crippen molar-refractivity contribution in [3.63, 3.8) is 0 Å². The summed E-state index contributed by atoms with van der Waals surface area (Å²) in [5.41, 5.74) is 2.09. The molecule has 0 radical (unpaired) electrons. The van der Waals surface area contributed by atoms with Crippen molar-refractivity contribution < 1.29 is 9.53 Å². The van der Waals surface area contributed by atoms with Crippen molar-refractivity contribution >= 4 is 31.2 Å². The van der Waals surface area contributed by atoms with Gasteiger partial charge < -0.3 is 4.74 Å². The predicted octanol–water partition coefficient (Wildman–Crippen LogP) is 4.15. The average Bonchev–Trinajstić information content (AvgIpc) is 2.51. The van der Waals surface area contributed by atoms with Gasteiger partial charge in [-0.2, -0.15) is 0 Å². The summed E-state index contributed by atoms with van der Waals surface area (Å²) in [7, 11) is 0. The molecule has 0 saturated carbocycles. The average molecular weight is 330 g/mol. The molecule has 22 heavy (non-hydrogen) atoms. The summed E-state index contributed by atoms with van der Waals surface area (Å²) in [5.74, 6) is -0.418. The third-order valence-electron chi connectivity index (χ3n) is 3.33. The Labute approximate surface area is 142 Å². The molecule has 0 fully saturated rings. The van der Waals surface area contributed by atoms with Crippen LogP contribution in [0.4, 0.5) is 0 Å². The molecular formula is C18H18O2S2. The van der Waals surface area contributed by atoms with Crippen LogP contribution in [0, 0.1) is 0 Å². The van der Waals surface area contributed by atoms with Crippen molar-refractivity contribution in [2.75, 3.05) is 0 Å². The van der Waals surface area contributed by atoms with Gasteiger partial charge in [-0.15, -0.1) is 25.3 Å². The normalized spacial score (nSPS) is 10.5. The molecule has 4 heteroatoms. The number of carbonyl (C=O) groups excluding carboxylic acids is 1. The van der Waals surface area contributed by atoms with Crippen LogP contribution in [0.25, 0.3) is 0 Å². The van der Waals surface area contributed by atoms with E-state index in [1.165, 1.54) is 6.08 Å². The van der Waals surface area contributed by atoms with Gasteiger partial charge in [0, 0.05) is 28.7 Å². The highest BCUT2D eigenvalue weighted by Crippen LogP contribution is 2.21. The van der Waals surface area contributed by atoms with Crippen molar-refractivity contribution in [2.24, 2.45) is 0 Å². The summed E-state index contributed by atoms with van der Waals surface area (Å²) in [6.07, 6.45) is 2.10. The minimum absolute atomic E-state index is 0.285. The molecule has 0 aromatic heterocycles. The summed E-state index contributed by atoms with van der Waals surface area (Å²) >= 11 is 8.91. The van der Waals surface area contributed by atoms with Crippen molar-refractivity contribution in [1.82, 2.24) is 0 Å². The van der Waals surface area contributed by atoms with Crippen LogP contribution in [0.2, 0.25) is 0 Å². The minimum Gasteiger partial charge on any atom is -0.459 e. The second-order valence-electron chi connectivity index (χ2n) is 4.93. The zero-order valence-electron chi connectivity index (χ0n) is 12.1. The van der Waals surface area contributed by atoms with Crippen molar-refractivity contribution in [1.29, 1.82) is 0 Å². The number of rotatable bonds is 6. The van der Waals surface area contributed by atoms with E-state index in [0.29, 0.717) is 12.8 Å². The Morgan fingerprint density at radius 2 is 1.45 bits per heavy atom. The third kappa shape index (κ3) is 4.68. The molecule has 0 unspecified atom stereocenters. The van der Waals surface area contributed by atoms with Crippen LogP contribution < -0.4 is 0 Å². The van der Waals surface area contributed by atoms with Crippen molar-refractivity contribution in [2.45, 2.75) is 28.7 Å². The fourth-order valence-electron chi connectivity index (χ4n) is 2.23. The van der Waals surface area contributed by atoms with Crippen LogP contribution in [0.3, 0.4) is 0 Å². The monoisotopic (exact) mass is 330 g/mol. The summed E-state index contributed by atoms with van der Waals surface area (Å²) in [6.45, 7) is 3.46. The van der Waals surface area contributed by atoms with E-state index in [1.807, 2.05) is 48.5 Å². The Morgan fingerprint density at radius 1 is 1.00 bits per heavy atom. The Morgan fingerprint density at radius 3 is 1.86 bits per heavy atom. The summed E-state index contributed by atoms with van der Waals surface area (Å²) in [6, 6.07) is 15.6. The lowest BCUT2D eigenvalue weighted by Gasteiger charge is -2.19. The van der Waals surface area contributed by atoms with Gasteiger partial charge in [0.05, 0.1) is 0 Å². The standard InChI is InChI=1S/C18H18O2S2/c1-2-18(19)20-15(11-13-7-3-5-9-16(13)21)12-14-8-4-6-10-17(14)22/h2-10,15,21-22H,1,11-12H2. The van der Waals surface area contributed by atoms with E-state index >= 15 is 0 Å². The molecule has 2 rings (SSSR count). The second-order valence-corrected chi connectivity index (χ2v) is 5.89. The van der Waals surface area contributed by atoms with E-state index < -0.39 is 5.97 Å². The molecular weight excluding hydrogens is 312 g/mol. The largest absolute Gasteiger partial charge is 0.459 e. The molecule has 2 aromatic rings. The lowest BCUT2D eigenvalue weighted by atomic mass is 10.0. The molecule has 0 amide bonds. The van der Waals surface area contributed by atoms with Gasteiger partial charge in [-0.05, 0) is 23.3 Å². The van der Waals surface area contributed by atoms with E-state index in [1.54, 1.807) is 0 Å². The first-order chi connectivity index (χ1) is 10.6. The topological polar surface area (TPSA) is 26.3 Å². The van der Waals surface area contributed by atoms with Crippen LogP contribution in [0.1, 0.15) is 11.1 Å². The molecule has 0 saturated heterocycles. The van der Waals surface area contributed by atoms with Crippen LogP contribution in [-0.2, 0) is 22.4 Å². The van der Waals surface area contributed by atoms with Gasteiger partial charge in [0.2, 0.25) is 0 Å². The molecule has 0 bridgehead atoms. The van der Waals surface area contributed by atoms with Gasteiger partial charge in [0.15, 0.2) is 0 Å². The first kappa shape index (κ1) is 16.7. The fraction of sp³-hybridized carbons (Fsp3) is 0.167. The number of ether oxygens (including phenoxy) is 1. The minimum atomic E-state index is -0.418. The van der Waals surface area contributed by atoms with Gasteiger partial charge in [0.1, 0.15) is 6.10 Å². The fourth-order valence-corrected chi connectivity index (χ4v) is 2.73. The van der Waals surface area contributed by atoms with Crippen LogP contribution >= 0.6 is 25.3 Å². The summed E-state index contributed by atoms with van der Waals surface area (Å²) in [4.78, 5) is 13.4. The molecule has 2 nitrogen and oxygen atoms in total. The summed E-state index contributed by atoms with van der Waals surface area (Å²) in [5, 5.41) is 0. The van der Waals surface area contributed by atoms with E-state index in [-0.39, 0.29) is 6.10 Å². The Bertz CT molecular complexity index is 620. The number of carbonyl (C=O) groups is 1. The Balaban J connectivity index is 2.19. The third-order valence-corrected chi connectivity index (χ3v) is 4.20. The van der Waals surface area contributed by atoms with Crippen LogP contribution in [0.5, 0.6) is 0 Å². The van der Waals surface area contributed by atoms with E-state index in [4.69, 9.17) is 4.74 Å². The molecule has 2 aromatic carbocycles. The zero-order chi connectivity index (χ0) is 15.9. The highest BCUT2D eigenvalue weighted by molar-refractivity contribution is 7.80. The highest BCUT2D eigenvalue weighted by atomic mass is 32.1. The quantitative estimate of drug-likeness (QED) is 0.473. The zero-order valence-corrected chi connectivity index (χ0v) is 13.9. The van der Waals surface area contributed by atoms with Gasteiger partial charge in [-0.3, -0.25) is 0 Å². The van der Waals surface area contributed by atoms with E-state index in [0.717, 1.165) is 20.9 Å². The lowest BCUT2D eigenvalue weighted by Crippen LogP contribution is -2.22.